The molecule has 0 spiro atoms. The number of carbonyl (C=O) groups is 3. The third-order valence-corrected chi connectivity index (χ3v) is 8.22. The lowest BCUT2D eigenvalue weighted by molar-refractivity contribution is -0.122. The Morgan fingerprint density at radius 2 is 1.71 bits per heavy atom. The molecule has 14 heteroatoms. The summed E-state index contributed by atoms with van der Waals surface area (Å²) < 4.78 is 21.7. The van der Waals surface area contributed by atoms with Crippen molar-refractivity contribution >= 4 is 41.0 Å². The molecule has 4 amide bonds. The molecule has 2 aliphatic heterocycles. The normalized spacial score (nSPS) is 19.0. The Bertz CT molecular complexity index is 1070. The highest BCUT2D eigenvalue weighted by Crippen LogP contribution is 2.33. The zero-order valence-electron chi connectivity index (χ0n) is 24.1. The largest absolute Gasteiger partial charge is 0.377 e. The molecule has 0 aromatic heterocycles. The maximum absolute atomic E-state index is 12.0. The molecule has 2 heterocycles. The van der Waals surface area contributed by atoms with E-state index in [1.54, 1.807) is 31.2 Å². The Labute approximate surface area is 250 Å². The van der Waals surface area contributed by atoms with Gasteiger partial charge in [0.1, 0.15) is 6.61 Å². The summed E-state index contributed by atoms with van der Waals surface area (Å²) in [7, 11) is 0. The SMILES string of the molecule is CC(=[N+]=[N-])c1cccc(NC(=O)COCCOCCOCCOCCNC(=O)CCCCC2SC[C@@H]3NC(=O)N[C@H]23)c1. The van der Waals surface area contributed by atoms with Gasteiger partial charge in [0.05, 0.1) is 63.9 Å². The van der Waals surface area contributed by atoms with Crippen LogP contribution < -0.4 is 21.3 Å². The average Bonchev–Trinajstić information content (AvgIpc) is 3.54. The molecule has 2 fully saturated rings. The van der Waals surface area contributed by atoms with E-state index >= 15 is 0 Å². The molecule has 13 nitrogen and oxygen atoms in total. The van der Waals surface area contributed by atoms with Crippen molar-refractivity contribution in [2.75, 3.05) is 70.5 Å². The minimum absolute atomic E-state index is 0.0268. The minimum Gasteiger partial charge on any atom is -0.377 e. The molecule has 0 saturated carbocycles. The predicted octanol–water partition coefficient (Wildman–Crippen LogP) is 1.57. The van der Waals surface area contributed by atoms with Crippen LogP contribution in [0.5, 0.6) is 0 Å². The Hall–Kier alpha value is -3.00. The van der Waals surface area contributed by atoms with Crippen molar-refractivity contribution < 1.29 is 38.1 Å². The standard InChI is InChI=1S/C28H42N6O7S/c1-20(34-29)21-5-4-6-22(17-21)31-26(36)18-41-16-15-40-14-13-39-12-11-38-10-9-30-25(35)8-3-2-7-24-27-23(19-42-24)32-28(37)33-27/h4-6,17,23-24,27H,2-3,7-16,18-19H2,1H3,(H,30,35)(H,31,36)(H2,32,33,37)/t23-,24?,27-/m0/s1. The molecule has 0 radical (unpaired) electrons. The van der Waals surface area contributed by atoms with Gasteiger partial charge in [0.2, 0.25) is 11.8 Å². The summed E-state index contributed by atoms with van der Waals surface area (Å²) in [4.78, 5) is 38.6. The van der Waals surface area contributed by atoms with Crippen LogP contribution in [0.15, 0.2) is 24.3 Å². The minimum atomic E-state index is -0.291. The predicted molar refractivity (Wildman–Crippen MR) is 159 cm³/mol. The molecule has 232 valence electrons. The molecule has 1 aromatic rings. The fourth-order valence-corrected chi connectivity index (χ4v) is 6.07. The topological polar surface area (TPSA) is 173 Å². The van der Waals surface area contributed by atoms with Gasteiger partial charge in [-0.25, -0.2) is 4.79 Å². The van der Waals surface area contributed by atoms with E-state index in [-0.39, 0.29) is 43.1 Å². The summed E-state index contributed by atoms with van der Waals surface area (Å²) in [6, 6.07) is 7.38. The van der Waals surface area contributed by atoms with E-state index in [0.29, 0.717) is 74.8 Å². The van der Waals surface area contributed by atoms with Crippen LogP contribution in [-0.4, -0.2) is 111 Å². The summed E-state index contributed by atoms with van der Waals surface area (Å²) in [6.07, 6.45) is 3.29. The van der Waals surface area contributed by atoms with Crippen LogP contribution >= 0.6 is 11.8 Å². The van der Waals surface area contributed by atoms with E-state index in [4.69, 9.17) is 24.5 Å². The Morgan fingerprint density at radius 1 is 1.00 bits per heavy atom. The van der Waals surface area contributed by atoms with E-state index in [0.717, 1.165) is 25.0 Å². The van der Waals surface area contributed by atoms with E-state index in [1.165, 1.54) is 0 Å². The third kappa shape index (κ3) is 12.5. The van der Waals surface area contributed by atoms with Crippen molar-refractivity contribution in [3.05, 3.63) is 35.4 Å². The number of fused-ring (bicyclic) bond motifs is 1. The Balaban J connectivity index is 1.04. The van der Waals surface area contributed by atoms with Gasteiger partial charge in [0, 0.05) is 36.6 Å². The van der Waals surface area contributed by atoms with Gasteiger partial charge in [-0.15, -0.1) is 0 Å². The fourth-order valence-electron chi connectivity index (χ4n) is 4.53. The van der Waals surface area contributed by atoms with Gasteiger partial charge in [-0.1, -0.05) is 12.5 Å². The number of rotatable bonds is 21. The Kier molecular flexibility index (Phi) is 15.3. The van der Waals surface area contributed by atoms with Crippen LogP contribution in [-0.2, 0) is 28.5 Å². The van der Waals surface area contributed by atoms with Crippen molar-refractivity contribution in [1.29, 1.82) is 0 Å². The number of hydrogen-bond acceptors (Lipinski definition) is 8. The van der Waals surface area contributed by atoms with Crippen molar-refractivity contribution in [3.8, 4) is 0 Å². The number of urea groups is 1. The number of benzene rings is 1. The molecule has 1 aromatic carbocycles. The molecule has 3 rings (SSSR count). The zero-order valence-corrected chi connectivity index (χ0v) is 24.9. The lowest BCUT2D eigenvalue weighted by Crippen LogP contribution is -2.36. The van der Waals surface area contributed by atoms with Crippen LogP contribution in [0, 0.1) is 0 Å². The number of anilines is 1. The van der Waals surface area contributed by atoms with Crippen LogP contribution in [0.3, 0.4) is 0 Å². The summed E-state index contributed by atoms with van der Waals surface area (Å²) in [6.45, 7) is 4.73. The van der Waals surface area contributed by atoms with Gasteiger partial charge in [0.25, 0.3) is 5.71 Å². The first-order chi connectivity index (χ1) is 20.5. The molecular weight excluding hydrogens is 564 g/mol. The molecule has 0 bridgehead atoms. The second-order valence-electron chi connectivity index (χ2n) is 9.92. The highest BCUT2D eigenvalue weighted by molar-refractivity contribution is 8.00. The number of nitrogens with zero attached hydrogens (tertiary/aromatic N) is 2. The second kappa shape index (κ2) is 19.2. The summed E-state index contributed by atoms with van der Waals surface area (Å²) >= 11 is 1.89. The van der Waals surface area contributed by atoms with Gasteiger partial charge in [-0.3, -0.25) is 9.59 Å². The van der Waals surface area contributed by atoms with Gasteiger partial charge in [0.15, 0.2) is 0 Å². The molecule has 4 N–H and O–H groups in total. The number of thioether (sulfide) groups is 1. The van der Waals surface area contributed by atoms with Crippen molar-refractivity contribution in [2.45, 2.75) is 49.9 Å². The van der Waals surface area contributed by atoms with Gasteiger partial charge >= 0.3 is 6.03 Å². The smallest absolute Gasteiger partial charge is 0.315 e. The first kappa shape index (κ1) is 33.5. The maximum Gasteiger partial charge on any atom is 0.315 e. The van der Waals surface area contributed by atoms with E-state index in [2.05, 4.69) is 26.1 Å². The highest BCUT2D eigenvalue weighted by Gasteiger charge is 2.42. The van der Waals surface area contributed by atoms with Crippen LogP contribution in [0.2, 0.25) is 0 Å². The Morgan fingerprint density at radius 3 is 2.45 bits per heavy atom. The average molecular weight is 607 g/mol. The van der Waals surface area contributed by atoms with E-state index in [1.807, 2.05) is 11.8 Å². The van der Waals surface area contributed by atoms with Crippen LogP contribution in [0.1, 0.15) is 38.2 Å². The number of nitrogens with one attached hydrogen (secondary N) is 4. The van der Waals surface area contributed by atoms with Gasteiger partial charge in [-0.05, 0) is 31.0 Å². The van der Waals surface area contributed by atoms with Gasteiger partial charge in [-0.2, -0.15) is 16.6 Å². The first-order valence-electron chi connectivity index (χ1n) is 14.3. The van der Waals surface area contributed by atoms with Crippen LogP contribution in [0.4, 0.5) is 10.5 Å². The van der Waals surface area contributed by atoms with E-state index in [9.17, 15) is 14.4 Å². The number of unbranched alkanes of at least 4 members (excludes halogenated alkanes) is 1. The van der Waals surface area contributed by atoms with E-state index < -0.39 is 0 Å². The lowest BCUT2D eigenvalue weighted by Gasteiger charge is -2.16. The fraction of sp³-hybridized carbons (Fsp3) is 0.643. The number of hydrogen-bond donors (Lipinski definition) is 4. The molecular formula is C28H42N6O7S. The van der Waals surface area contributed by atoms with Crippen molar-refractivity contribution in [3.63, 3.8) is 0 Å². The number of amides is 4. The second-order valence-corrected chi connectivity index (χ2v) is 11.2. The first-order valence-corrected chi connectivity index (χ1v) is 15.4. The quantitative estimate of drug-likeness (QED) is 0.0537. The summed E-state index contributed by atoms with van der Waals surface area (Å²) in [5.74, 6) is 0.688. The third-order valence-electron chi connectivity index (χ3n) is 6.71. The van der Waals surface area contributed by atoms with Crippen molar-refractivity contribution in [1.82, 2.24) is 16.0 Å². The molecule has 3 atom stereocenters. The van der Waals surface area contributed by atoms with Gasteiger partial charge < -0.3 is 45.7 Å². The monoisotopic (exact) mass is 606 g/mol. The number of carbonyl (C=O) groups excluding carboxylic acids is 3. The highest BCUT2D eigenvalue weighted by atomic mass is 32.2. The maximum atomic E-state index is 12.0. The van der Waals surface area contributed by atoms with Crippen molar-refractivity contribution in [2.24, 2.45) is 0 Å². The summed E-state index contributed by atoms with van der Waals surface area (Å²) in [5, 5.41) is 12.0. The van der Waals surface area contributed by atoms with Crippen LogP contribution in [0.25, 0.3) is 5.53 Å². The summed E-state index contributed by atoms with van der Waals surface area (Å²) in [5.41, 5.74) is 10.6. The molecule has 2 saturated heterocycles. The molecule has 0 aliphatic carbocycles. The number of ether oxygens (including phenoxy) is 4. The zero-order chi connectivity index (χ0) is 30.0. The lowest BCUT2D eigenvalue weighted by atomic mass is 10.0. The molecule has 2 aliphatic rings. The molecule has 42 heavy (non-hydrogen) atoms. The molecule has 1 unspecified atom stereocenters.